The summed E-state index contributed by atoms with van der Waals surface area (Å²) in [6, 6.07) is 12.2. The lowest BCUT2D eigenvalue weighted by Crippen LogP contribution is -2.42. The Morgan fingerprint density at radius 1 is 1.05 bits per heavy atom. The van der Waals surface area contributed by atoms with Crippen LogP contribution in [-0.2, 0) is 11.2 Å². The lowest BCUT2D eigenvalue weighted by Gasteiger charge is -2.08. The summed E-state index contributed by atoms with van der Waals surface area (Å²) < 4.78 is 13.0. The van der Waals surface area contributed by atoms with Crippen molar-refractivity contribution in [3.05, 3.63) is 70.5 Å². The van der Waals surface area contributed by atoms with Crippen LogP contribution in [0.5, 0.6) is 0 Å². The predicted octanol–water partition coefficient (Wildman–Crippen LogP) is 2.48. The van der Waals surface area contributed by atoms with Crippen LogP contribution in [0.1, 0.15) is 15.9 Å². The summed E-state index contributed by atoms with van der Waals surface area (Å²) in [5.41, 5.74) is 5.28. The Morgan fingerprint density at radius 3 is 2.52 bits per heavy atom. The smallest absolute Gasteiger partial charge is 0.271 e. The number of carbonyl (C=O) groups is 2. The topological polar surface area (TPSA) is 58.2 Å². The van der Waals surface area contributed by atoms with Crippen LogP contribution >= 0.6 is 11.6 Å². The zero-order valence-electron chi connectivity index (χ0n) is 10.9. The molecule has 0 fully saturated rings. The van der Waals surface area contributed by atoms with Crippen LogP contribution < -0.4 is 10.9 Å². The van der Waals surface area contributed by atoms with Gasteiger partial charge in [-0.3, -0.25) is 20.4 Å². The van der Waals surface area contributed by atoms with Gasteiger partial charge >= 0.3 is 0 Å². The summed E-state index contributed by atoms with van der Waals surface area (Å²) in [4.78, 5) is 23.5. The first-order valence-corrected chi connectivity index (χ1v) is 6.52. The standard InChI is InChI=1S/C15H12ClFN2O2/c16-13-7-2-1-6-12(13)15(21)19-18-14(20)9-10-4-3-5-11(17)8-10/h1-8H,9H2,(H,18,20)(H,19,21). The van der Waals surface area contributed by atoms with Gasteiger partial charge in [-0.2, -0.15) is 0 Å². The molecule has 0 bridgehead atoms. The average molecular weight is 307 g/mol. The van der Waals surface area contributed by atoms with Crippen LogP contribution in [-0.4, -0.2) is 11.8 Å². The molecule has 0 aliphatic carbocycles. The molecule has 0 aliphatic rings. The lowest BCUT2D eigenvalue weighted by atomic mass is 10.1. The Kier molecular flexibility index (Phi) is 4.90. The number of hydrazine groups is 1. The fraction of sp³-hybridized carbons (Fsp3) is 0.0667. The first kappa shape index (κ1) is 15.0. The van der Waals surface area contributed by atoms with Crippen molar-refractivity contribution in [2.24, 2.45) is 0 Å². The molecular formula is C15H12ClFN2O2. The molecule has 0 atom stereocenters. The molecule has 0 saturated heterocycles. The highest BCUT2D eigenvalue weighted by atomic mass is 35.5. The Hall–Kier alpha value is -2.40. The fourth-order valence-electron chi connectivity index (χ4n) is 1.72. The van der Waals surface area contributed by atoms with E-state index < -0.39 is 17.6 Å². The third-order valence-electron chi connectivity index (χ3n) is 2.69. The molecule has 2 amide bonds. The van der Waals surface area contributed by atoms with E-state index in [2.05, 4.69) is 10.9 Å². The van der Waals surface area contributed by atoms with Crippen LogP contribution in [0.25, 0.3) is 0 Å². The largest absolute Gasteiger partial charge is 0.273 e. The molecule has 108 valence electrons. The molecule has 4 nitrogen and oxygen atoms in total. The predicted molar refractivity (Wildman–Crippen MR) is 77.2 cm³/mol. The molecule has 0 unspecified atom stereocenters. The van der Waals surface area contributed by atoms with Gasteiger partial charge in [-0.25, -0.2) is 4.39 Å². The van der Waals surface area contributed by atoms with Crippen molar-refractivity contribution in [2.45, 2.75) is 6.42 Å². The summed E-state index contributed by atoms with van der Waals surface area (Å²) >= 11 is 5.87. The first-order valence-electron chi connectivity index (χ1n) is 6.14. The first-order chi connectivity index (χ1) is 10.1. The molecule has 2 rings (SSSR count). The molecule has 0 aliphatic heterocycles. The fourth-order valence-corrected chi connectivity index (χ4v) is 1.94. The number of amides is 2. The maximum absolute atomic E-state index is 13.0. The SMILES string of the molecule is O=C(Cc1cccc(F)c1)NNC(=O)c1ccccc1Cl. The van der Waals surface area contributed by atoms with Gasteiger partial charge in [0.05, 0.1) is 17.0 Å². The Balaban J connectivity index is 1.90. The van der Waals surface area contributed by atoms with E-state index in [1.54, 1.807) is 24.3 Å². The molecule has 0 heterocycles. The molecule has 0 spiro atoms. The molecule has 2 aromatic carbocycles. The average Bonchev–Trinajstić information content (AvgIpc) is 2.45. The summed E-state index contributed by atoms with van der Waals surface area (Å²) in [5.74, 6) is -1.39. The van der Waals surface area contributed by atoms with E-state index in [9.17, 15) is 14.0 Å². The van der Waals surface area contributed by atoms with Crippen molar-refractivity contribution in [1.82, 2.24) is 10.9 Å². The normalized spacial score (nSPS) is 10.0. The summed E-state index contributed by atoms with van der Waals surface area (Å²) in [5, 5.41) is 0.286. The van der Waals surface area contributed by atoms with Crippen molar-refractivity contribution >= 4 is 23.4 Å². The second-order valence-corrected chi connectivity index (χ2v) is 4.70. The van der Waals surface area contributed by atoms with Crippen LogP contribution in [0.2, 0.25) is 5.02 Å². The zero-order valence-corrected chi connectivity index (χ0v) is 11.7. The second kappa shape index (κ2) is 6.85. The second-order valence-electron chi connectivity index (χ2n) is 4.29. The highest BCUT2D eigenvalue weighted by molar-refractivity contribution is 6.33. The third-order valence-corrected chi connectivity index (χ3v) is 3.02. The van der Waals surface area contributed by atoms with Gasteiger partial charge in [0, 0.05) is 0 Å². The van der Waals surface area contributed by atoms with Crippen LogP contribution in [0.15, 0.2) is 48.5 Å². The van der Waals surface area contributed by atoms with E-state index in [1.807, 2.05) is 0 Å². The van der Waals surface area contributed by atoms with E-state index >= 15 is 0 Å². The van der Waals surface area contributed by atoms with Gasteiger partial charge in [-0.05, 0) is 29.8 Å². The minimum Gasteiger partial charge on any atom is -0.273 e. The summed E-state index contributed by atoms with van der Waals surface area (Å²) in [7, 11) is 0. The number of hydrogen-bond acceptors (Lipinski definition) is 2. The van der Waals surface area contributed by atoms with E-state index in [0.29, 0.717) is 5.56 Å². The maximum Gasteiger partial charge on any atom is 0.271 e. The van der Waals surface area contributed by atoms with Crippen molar-refractivity contribution in [3.63, 3.8) is 0 Å². The van der Waals surface area contributed by atoms with Gasteiger partial charge in [-0.15, -0.1) is 0 Å². The molecule has 2 aromatic rings. The molecule has 6 heteroatoms. The van der Waals surface area contributed by atoms with Gasteiger partial charge in [0.25, 0.3) is 5.91 Å². The molecular weight excluding hydrogens is 295 g/mol. The number of rotatable bonds is 3. The van der Waals surface area contributed by atoms with Crippen molar-refractivity contribution in [2.75, 3.05) is 0 Å². The van der Waals surface area contributed by atoms with Crippen LogP contribution in [0.4, 0.5) is 4.39 Å². The Morgan fingerprint density at radius 2 is 1.81 bits per heavy atom. The molecule has 2 N–H and O–H groups in total. The van der Waals surface area contributed by atoms with E-state index in [-0.39, 0.29) is 17.0 Å². The number of benzene rings is 2. The van der Waals surface area contributed by atoms with Gasteiger partial charge in [0.2, 0.25) is 5.91 Å². The van der Waals surface area contributed by atoms with Gasteiger partial charge in [-0.1, -0.05) is 35.9 Å². The van der Waals surface area contributed by atoms with Gasteiger partial charge in [0.1, 0.15) is 5.82 Å². The van der Waals surface area contributed by atoms with E-state index in [4.69, 9.17) is 11.6 Å². The van der Waals surface area contributed by atoms with Crippen molar-refractivity contribution < 1.29 is 14.0 Å². The van der Waals surface area contributed by atoms with E-state index in [1.165, 1.54) is 24.3 Å². The highest BCUT2D eigenvalue weighted by Crippen LogP contribution is 2.14. The Bertz CT molecular complexity index is 676. The quantitative estimate of drug-likeness (QED) is 0.856. The van der Waals surface area contributed by atoms with Crippen LogP contribution in [0, 0.1) is 5.82 Å². The molecule has 0 radical (unpaired) electrons. The van der Waals surface area contributed by atoms with Gasteiger partial charge in [0.15, 0.2) is 0 Å². The summed E-state index contributed by atoms with van der Waals surface area (Å²) in [6.07, 6.45) is -0.0411. The number of halogens is 2. The maximum atomic E-state index is 13.0. The minimum atomic E-state index is -0.520. The van der Waals surface area contributed by atoms with Crippen LogP contribution in [0.3, 0.4) is 0 Å². The van der Waals surface area contributed by atoms with Crippen molar-refractivity contribution in [3.8, 4) is 0 Å². The zero-order chi connectivity index (χ0) is 15.2. The van der Waals surface area contributed by atoms with Crippen molar-refractivity contribution in [1.29, 1.82) is 0 Å². The number of hydrogen-bond donors (Lipinski definition) is 2. The molecule has 0 saturated carbocycles. The Labute approximate surface area is 125 Å². The summed E-state index contributed by atoms with van der Waals surface area (Å²) in [6.45, 7) is 0. The minimum absolute atomic E-state index is 0.0411. The van der Waals surface area contributed by atoms with E-state index in [0.717, 1.165) is 0 Å². The molecule has 0 aromatic heterocycles. The third kappa shape index (κ3) is 4.29. The highest BCUT2D eigenvalue weighted by Gasteiger charge is 2.10. The van der Waals surface area contributed by atoms with Gasteiger partial charge < -0.3 is 0 Å². The number of carbonyl (C=O) groups excluding carboxylic acids is 2. The number of nitrogens with one attached hydrogen (secondary N) is 2. The molecule has 21 heavy (non-hydrogen) atoms. The monoisotopic (exact) mass is 306 g/mol. The lowest BCUT2D eigenvalue weighted by molar-refractivity contribution is -0.121.